The number of ether oxygens (including phenoxy) is 1. The van der Waals surface area contributed by atoms with E-state index in [-0.39, 0.29) is 27.5 Å². The Bertz CT molecular complexity index is 1160. The minimum Gasteiger partial charge on any atom is -0.465 e. The lowest BCUT2D eigenvalue weighted by atomic mass is 10.1. The maximum atomic E-state index is 13.1. The summed E-state index contributed by atoms with van der Waals surface area (Å²) in [7, 11) is 1.26. The molecule has 9 nitrogen and oxygen atoms in total. The molecule has 148 valence electrons. The van der Waals surface area contributed by atoms with Crippen molar-refractivity contribution in [3.8, 4) is 5.69 Å². The van der Waals surface area contributed by atoms with E-state index in [2.05, 4.69) is 4.98 Å². The van der Waals surface area contributed by atoms with Gasteiger partial charge in [-0.05, 0) is 30.3 Å². The number of nitrogens with zero attached hydrogens (tertiary/aromatic N) is 2. The predicted octanol–water partition coefficient (Wildman–Crippen LogP) is 1.46. The fourth-order valence-electron chi connectivity index (χ4n) is 2.62. The first-order chi connectivity index (χ1) is 13.9. The van der Waals surface area contributed by atoms with Gasteiger partial charge in [0.25, 0.3) is 5.56 Å². The molecule has 1 heterocycles. The standard InChI is InChI=1S/C19H16N4O5S/c1-28-17(26)11-7-8-13-14(9-11)21-19(29-10-15(24)22-18(20)27)23(16(13)25)12-5-3-2-4-6-12/h2-9H,10H2,1H3,(H3,20,22,24,27). The number of aromatic nitrogens is 2. The second-order valence-corrected chi connectivity index (χ2v) is 6.74. The zero-order chi connectivity index (χ0) is 21.0. The monoisotopic (exact) mass is 412 g/mol. The van der Waals surface area contributed by atoms with Gasteiger partial charge in [-0.3, -0.25) is 19.5 Å². The molecule has 0 fully saturated rings. The van der Waals surface area contributed by atoms with Gasteiger partial charge in [0.1, 0.15) is 0 Å². The van der Waals surface area contributed by atoms with Crippen LogP contribution in [0.2, 0.25) is 0 Å². The number of carbonyl (C=O) groups is 3. The number of imide groups is 1. The molecule has 2 aromatic carbocycles. The molecule has 10 heteroatoms. The lowest BCUT2D eigenvalue weighted by Gasteiger charge is -2.13. The number of hydrogen-bond acceptors (Lipinski definition) is 7. The maximum Gasteiger partial charge on any atom is 0.337 e. The molecule has 1 aromatic heterocycles. The van der Waals surface area contributed by atoms with E-state index in [0.717, 1.165) is 11.8 Å². The summed E-state index contributed by atoms with van der Waals surface area (Å²) in [5, 5.41) is 2.47. The fraction of sp³-hybridized carbons (Fsp3) is 0.105. The second-order valence-electron chi connectivity index (χ2n) is 5.80. The summed E-state index contributed by atoms with van der Waals surface area (Å²) >= 11 is 0.957. The van der Waals surface area contributed by atoms with Crippen LogP contribution in [0.15, 0.2) is 58.5 Å². The highest BCUT2D eigenvalue weighted by atomic mass is 32.2. The number of thioether (sulfide) groups is 1. The van der Waals surface area contributed by atoms with Crippen molar-refractivity contribution in [1.82, 2.24) is 14.9 Å². The Morgan fingerprint density at radius 2 is 1.90 bits per heavy atom. The van der Waals surface area contributed by atoms with Gasteiger partial charge in [-0.1, -0.05) is 30.0 Å². The van der Waals surface area contributed by atoms with Gasteiger partial charge in [0.2, 0.25) is 5.91 Å². The van der Waals surface area contributed by atoms with Gasteiger partial charge >= 0.3 is 12.0 Å². The normalized spacial score (nSPS) is 10.5. The van der Waals surface area contributed by atoms with Crippen LogP contribution in [0.1, 0.15) is 10.4 Å². The van der Waals surface area contributed by atoms with Gasteiger partial charge in [-0.2, -0.15) is 0 Å². The Morgan fingerprint density at radius 1 is 1.17 bits per heavy atom. The van der Waals surface area contributed by atoms with Crippen molar-refractivity contribution >= 4 is 40.6 Å². The van der Waals surface area contributed by atoms with Crippen LogP contribution >= 0.6 is 11.8 Å². The van der Waals surface area contributed by atoms with Crippen molar-refractivity contribution in [3.63, 3.8) is 0 Å². The molecule has 0 aliphatic carbocycles. The molecule has 0 aliphatic rings. The summed E-state index contributed by atoms with van der Waals surface area (Å²) in [5.74, 6) is -1.37. The minimum atomic E-state index is -0.967. The van der Waals surface area contributed by atoms with E-state index in [9.17, 15) is 19.2 Å². The number of urea groups is 1. The third kappa shape index (κ3) is 4.43. The van der Waals surface area contributed by atoms with Crippen molar-refractivity contribution in [2.24, 2.45) is 5.73 Å². The number of para-hydroxylation sites is 1. The highest BCUT2D eigenvalue weighted by Crippen LogP contribution is 2.22. The molecule has 0 spiro atoms. The van der Waals surface area contributed by atoms with Crippen molar-refractivity contribution in [3.05, 3.63) is 64.4 Å². The summed E-state index contributed by atoms with van der Waals surface area (Å²) in [5.41, 5.74) is 5.66. The molecule has 0 bridgehead atoms. The smallest absolute Gasteiger partial charge is 0.337 e. The van der Waals surface area contributed by atoms with Crippen LogP contribution in [0.25, 0.3) is 16.6 Å². The van der Waals surface area contributed by atoms with E-state index >= 15 is 0 Å². The highest BCUT2D eigenvalue weighted by molar-refractivity contribution is 7.99. The average Bonchev–Trinajstić information content (AvgIpc) is 2.71. The number of hydrogen-bond donors (Lipinski definition) is 2. The Labute approximate surface area is 168 Å². The Morgan fingerprint density at radius 3 is 2.55 bits per heavy atom. The van der Waals surface area contributed by atoms with Crippen molar-refractivity contribution in [2.75, 3.05) is 12.9 Å². The maximum absolute atomic E-state index is 13.1. The molecule has 0 aliphatic heterocycles. The predicted molar refractivity (Wildman–Crippen MR) is 107 cm³/mol. The summed E-state index contributed by atoms with van der Waals surface area (Å²) < 4.78 is 6.07. The SMILES string of the molecule is COC(=O)c1ccc2c(=O)n(-c3ccccc3)c(SCC(=O)NC(N)=O)nc2c1. The average molecular weight is 412 g/mol. The zero-order valence-corrected chi connectivity index (χ0v) is 16.1. The number of esters is 1. The number of benzene rings is 2. The van der Waals surface area contributed by atoms with Crippen LogP contribution < -0.4 is 16.6 Å². The first kappa shape index (κ1) is 20.1. The van der Waals surface area contributed by atoms with E-state index in [4.69, 9.17) is 10.5 Å². The molecule has 29 heavy (non-hydrogen) atoms. The Balaban J connectivity index is 2.13. The van der Waals surface area contributed by atoms with Crippen molar-refractivity contribution in [1.29, 1.82) is 0 Å². The number of nitrogens with two attached hydrogens (primary N) is 1. The molecule has 3 N–H and O–H groups in total. The second kappa shape index (κ2) is 8.57. The molecule has 3 amide bonds. The Kier molecular flexibility index (Phi) is 5.93. The quantitative estimate of drug-likeness (QED) is 0.368. The minimum absolute atomic E-state index is 0.190. The summed E-state index contributed by atoms with van der Waals surface area (Å²) in [6, 6.07) is 12.3. The van der Waals surface area contributed by atoms with Gasteiger partial charge < -0.3 is 10.5 Å². The van der Waals surface area contributed by atoms with Gasteiger partial charge in [-0.15, -0.1) is 0 Å². The number of nitrogens with one attached hydrogen (secondary N) is 1. The number of methoxy groups -OCH3 is 1. The number of fused-ring (bicyclic) bond motifs is 1. The molecule has 3 aromatic rings. The third-order valence-electron chi connectivity index (χ3n) is 3.87. The van der Waals surface area contributed by atoms with Crippen LogP contribution in [0, 0.1) is 0 Å². The Hall–Kier alpha value is -3.66. The molecule has 0 saturated heterocycles. The summed E-state index contributed by atoms with van der Waals surface area (Å²) in [6.07, 6.45) is 0. The third-order valence-corrected chi connectivity index (χ3v) is 4.81. The molecule has 0 unspecified atom stereocenters. The van der Waals surface area contributed by atoms with Crippen molar-refractivity contribution in [2.45, 2.75) is 5.16 Å². The van der Waals surface area contributed by atoms with E-state index in [1.807, 2.05) is 5.32 Å². The first-order valence-corrected chi connectivity index (χ1v) is 9.32. The molecule has 0 saturated carbocycles. The molecule has 0 atom stereocenters. The van der Waals surface area contributed by atoms with Crippen LogP contribution in [0.3, 0.4) is 0 Å². The van der Waals surface area contributed by atoms with Crippen LogP contribution in [-0.2, 0) is 9.53 Å². The molecular weight excluding hydrogens is 396 g/mol. The summed E-state index contributed by atoms with van der Waals surface area (Å²) in [6.45, 7) is 0. The van der Waals surface area contributed by atoms with Gasteiger partial charge in [-0.25, -0.2) is 14.6 Å². The van der Waals surface area contributed by atoms with E-state index in [1.165, 1.54) is 29.9 Å². The van der Waals surface area contributed by atoms with Crippen LogP contribution in [0.4, 0.5) is 4.79 Å². The van der Waals surface area contributed by atoms with Gasteiger partial charge in [0.05, 0.1) is 35.0 Å². The number of amides is 3. The number of carbonyl (C=O) groups excluding carboxylic acids is 3. The number of primary amides is 1. The van der Waals surface area contributed by atoms with Gasteiger partial charge in [0.15, 0.2) is 5.16 Å². The number of rotatable bonds is 5. The van der Waals surface area contributed by atoms with E-state index in [1.54, 1.807) is 30.3 Å². The lowest BCUT2D eigenvalue weighted by Crippen LogP contribution is -2.36. The molecule has 3 rings (SSSR count). The topological polar surface area (TPSA) is 133 Å². The van der Waals surface area contributed by atoms with Gasteiger partial charge in [0, 0.05) is 0 Å². The molecule has 0 radical (unpaired) electrons. The zero-order valence-electron chi connectivity index (χ0n) is 15.2. The molecular formula is C19H16N4O5S. The van der Waals surface area contributed by atoms with Crippen LogP contribution in [0.5, 0.6) is 0 Å². The van der Waals surface area contributed by atoms with Crippen molar-refractivity contribution < 1.29 is 19.1 Å². The van der Waals surface area contributed by atoms with Crippen LogP contribution in [-0.4, -0.2) is 40.3 Å². The largest absolute Gasteiger partial charge is 0.465 e. The van der Waals surface area contributed by atoms with E-state index < -0.39 is 17.9 Å². The summed E-state index contributed by atoms with van der Waals surface area (Å²) in [4.78, 5) is 52.0. The lowest BCUT2D eigenvalue weighted by molar-refractivity contribution is -0.117. The fourth-order valence-corrected chi connectivity index (χ4v) is 3.43. The first-order valence-electron chi connectivity index (χ1n) is 8.33. The van der Waals surface area contributed by atoms with E-state index in [0.29, 0.717) is 11.1 Å². The highest BCUT2D eigenvalue weighted by Gasteiger charge is 2.17.